The van der Waals surface area contributed by atoms with E-state index in [1.54, 1.807) is 0 Å². The lowest BCUT2D eigenvalue weighted by Gasteiger charge is -2.30. The minimum Gasteiger partial charge on any atom is -0.370 e. The number of hydrogen-bond donors (Lipinski definition) is 2. The molecule has 1 fully saturated rings. The molecule has 1 atom stereocenters. The van der Waals surface area contributed by atoms with E-state index in [-0.39, 0.29) is 42.6 Å². The van der Waals surface area contributed by atoms with Gasteiger partial charge in [0.25, 0.3) is 11.8 Å². The molecule has 196 valence electrons. The van der Waals surface area contributed by atoms with Crippen molar-refractivity contribution in [2.45, 2.75) is 19.1 Å². The fourth-order valence-electron chi connectivity index (χ4n) is 3.57. The fourth-order valence-corrected chi connectivity index (χ4v) is 4.53. The third-order valence-corrected chi connectivity index (χ3v) is 6.51. The number of halogens is 5. The lowest BCUT2D eigenvalue weighted by molar-refractivity contribution is -0.153. The molecule has 1 aliphatic rings. The summed E-state index contributed by atoms with van der Waals surface area (Å²) in [6.45, 7) is -0.329. The second-order valence-corrected chi connectivity index (χ2v) is 9.48. The van der Waals surface area contributed by atoms with Crippen LogP contribution in [0.1, 0.15) is 16.6 Å². The van der Waals surface area contributed by atoms with Crippen LogP contribution in [-0.4, -0.2) is 74.2 Å². The van der Waals surface area contributed by atoms with Gasteiger partial charge in [-0.3, -0.25) is 19.3 Å². The summed E-state index contributed by atoms with van der Waals surface area (Å²) in [5.74, 6) is -2.70. The van der Waals surface area contributed by atoms with Crippen molar-refractivity contribution >= 4 is 52.0 Å². The minimum atomic E-state index is -4.60. The van der Waals surface area contributed by atoms with Crippen molar-refractivity contribution in [2.24, 2.45) is 0 Å². The van der Waals surface area contributed by atoms with Gasteiger partial charge in [0.1, 0.15) is 18.5 Å². The molecule has 1 aromatic heterocycles. The van der Waals surface area contributed by atoms with Crippen LogP contribution in [0.4, 0.5) is 28.9 Å². The number of morpholine rings is 1. The van der Waals surface area contributed by atoms with Crippen molar-refractivity contribution in [1.82, 2.24) is 10.2 Å². The molecule has 2 aromatic rings. The zero-order valence-corrected chi connectivity index (χ0v) is 20.6. The molecule has 14 heteroatoms. The van der Waals surface area contributed by atoms with Crippen LogP contribution in [0.25, 0.3) is 0 Å². The fraction of sp³-hybridized carbons (Fsp3) is 0.409. The topological polar surface area (TPSA) is 91.0 Å². The van der Waals surface area contributed by atoms with Crippen LogP contribution in [-0.2, 0) is 14.3 Å². The Balaban J connectivity index is 1.76. The van der Waals surface area contributed by atoms with E-state index in [1.807, 2.05) is 0 Å². The quantitative estimate of drug-likeness (QED) is 0.466. The Hall–Kier alpha value is -2.74. The van der Waals surface area contributed by atoms with Crippen LogP contribution in [0.3, 0.4) is 0 Å². The Morgan fingerprint density at radius 3 is 2.61 bits per heavy atom. The maximum absolute atomic E-state index is 14.7. The summed E-state index contributed by atoms with van der Waals surface area (Å²) in [5.41, 5.74) is -0.0293. The standard InChI is InChI=1S/C22H23ClF4N4O4S/c1-2-30(12-22(25,26)27)16(10-28-21(34)17-5-6-18(23)36-17)20(33)29-13-3-4-15(14(24)9-13)31-7-8-35-11-19(31)32/h3-6,9,16H,2,7-8,10-12H2,1H3,(H,28,34)(H,29,33)/t16-/m1/s1. The molecule has 1 aliphatic heterocycles. The van der Waals surface area contributed by atoms with E-state index in [4.69, 9.17) is 16.3 Å². The first-order chi connectivity index (χ1) is 17.0. The highest BCUT2D eigenvalue weighted by Gasteiger charge is 2.36. The van der Waals surface area contributed by atoms with E-state index in [0.29, 0.717) is 4.34 Å². The van der Waals surface area contributed by atoms with Crippen LogP contribution in [0, 0.1) is 5.82 Å². The highest BCUT2D eigenvalue weighted by atomic mass is 35.5. The van der Waals surface area contributed by atoms with Gasteiger partial charge in [-0.2, -0.15) is 13.2 Å². The maximum atomic E-state index is 14.7. The number of hydrogen-bond acceptors (Lipinski definition) is 6. The average Bonchev–Trinajstić information content (AvgIpc) is 3.24. The molecule has 0 spiro atoms. The summed E-state index contributed by atoms with van der Waals surface area (Å²) in [6.07, 6.45) is -4.60. The molecule has 0 bridgehead atoms. The molecule has 8 nitrogen and oxygen atoms in total. The maximum Gasteiger partial charge on any atom is 0.401 e. The monoisotopic (exact) mass is 550 g/mol. The Labute approximate surface area is 213 Å². The summed E-state index contributed by atoms with van der Waals surface area (Å²) in [5, 5.41) is 4.87. The van der Waals surface area contributed by atoms with Gasteiger partial charge < -0.3 is 20.3 Å². The molecule has 2 N–H and O–H groups in total. The van der Waals surface area contributed by atoms with E-state index in [1.165, 1.54) is 36.1 Å². The highest BCUT2D eigenvalue weighted by Crippen LogP contribution is 2.25. The van der Waals surface area contributed by atoms with Crippen molar-refractivity contribution in [2.75, 3.05) is 49.6 Å². The molecular weight excluding hydrogens is 528 g/mol. The predicted molar refractivity (Wildman–Crippen MR) is 127 cm³/mol. The molecule has 3 rings (SSSR count). The number of thiophene rings is 1. The number of likely N-dealkylation sites (N-methyl/N-ethyl adjacent to an activating group) is 1. The van der Waals surface area contributed by atoms with Crippen LogP contribution in [0.2, 0.25) is 4.34 Å². The summed E-state index contributed by atoms with van der Waals surface area (Å²) >= 11 is 6.80. The summed E-state index contributed by atoms with van der Waals surface area (Å²) in [7, 11) is 0. The minimum absolute atomic E-state index is 0.00743. The summed E-state index contributed by atoms with van der Waals surface area (Å²) in [4.78, 5) is 39.7. The van der Waals surface area contributed by atoms with Crippen molar-refractivity contribution < 1.29 is 36.7 Å². The number of nitrogens with zero attached hydrogens (tertiary/aromatic N) is 2. The number of rotatable bonds is 9. The first-order valence-corrected chi connectivity index (χ1v) is 12.0. The van der Waals surface area contributed by atoms with E-state index in [2.05, 4.69) is 10.6 Å². The average molecular weight is 551 g/mol. The number of anilines is 2. The SMILES string of the molecule is CCN(CC(F)(F)F)[C@H](CNC(=O)c1ccc(Cl)s1)C(=O)Nc1ccc(N2CCOCC2=O)c(F)c1. The number of amides is 3. The van der Waals surface area contributed by atoms with Gasteiger partial charge in [-0.25, -0.2) is 4.39 Å². The summed E-state index contributed by atoms with van der Waals surface area (Å²) < 4.78 is 59.6. The normalized spacial score (nSPS) is 15.2. The van der Waals surface area contributed by atoms with Gasteiger partial charge >= 0.3 is 6.18 Å². The molecule has 0 aliphatic carbocycles. The smallest absolute Gasteiger partial charge is 0.370 e. The molecule has 1 saturated heterocycles. The van der Waals surface area contributed by atoms with Crippen LogP contribution < -0.4 is 15.5 Å². The molecule has 0 unspecified atom stereocenters. The largest absolute Gasteiger partial charge is 0.401 e. The second kappa shape index (κ2) is 12.0. The van der Waals surface area contributed by atoms with Crippen molar-refractivity contribution in [1.29, 1.82) is 0 Å². The van der Waals surface area contributed by atoms with Gasteiger partial charge in [-0.1, -0.05) is 18.5 Å². The molecule has 1 aromatic carbocycles. The van der Waals surface area contributed by atoms with E-state index in [0.717, 1.165) is 22.3 Å². The first kappa shape index (κ1) is 27.8. The Bertz CT molecular complexity index is 1110. The van der Waals surface area contributed by atoms with Crippen LogP contribution in [0.15, 0.2) is 30.3 Å². The van der Waals surface area contributed by atoms with Crippen molar-refractivity contribution in [3.8, 4) is 0 Å². The molecular formula is C22H23ClF4N4O4S. The number of ether oxygens (including phenoxy) is 1. The molecule has 36 heavy (non-hydrogen) atoms. The zero-order valence-electron chi connectivity index (χ0n) is 19.0. The molecule has 0 radical (unpaired) electrons. The van der Waals surface area contributed by atoms with Crippen LogP contribution >= 0.6 is 22.9 Å². The van der Waals surface area contributed by atoms with E-state index >= 15 is 0 Å². The number of alkyl halides is 3. The predicted octanol–water partition coefficient (Wildman–Crippen LogP) is 3.53. The van der Waals surface area contributed by atoms with Crippen molar-refractivity contribution in [3.05, 3.63) is 45.4 Å². The Morgan fingerprint density at radius 2 is 2.03 bits per heavy atom. The second-order valence-electron chi connectivity index (χ2n) is 7.76. The third kappa shape index (κ3) is 7.38. The first-order valence-electron chi connectivity index (χ1n) is 10.8. The third-order valence-electron chi connectivity index (χ3n) is 5.28. The molecule has 2 heterocycles. The Morgan fingerprint density at radius 1 is 1.28 bits per heavy atom. The lowest BCUT2D eigenvalue weighted by atomic mass is 10.2. The molecule has 0 saturated carbocycles. The van der Waals surface area contributed by atoms with Crippen LogP contribution in [0.5, 0.6) is 0 Å². The van der Waals surface area contributed by atoms with E-state index in [9.17, 15) is 31.9 Å². The number of nitrogens with one attached hydrogen (secondary N) is 2. The Kier molecular flexibility index (Phi) is 9.28. The number of carbonyl (C=O) groups excluding carboxylic acids is 3. The van der Waals surface area contributed by atoms with Gasteiger partial charge in [0.15, 0.2) is 0 Å². The highest BCUT2D eigenvalue weighted by molar-refractivity contribution is 7.18. The number of benzene rings is 1. The van der Waals surface area contributed by atoms with Gasteiger partial charge in [-0.05, 0) is 36.9 Å². The van der Waals surface area contributed by atoms with E-state index < -0.39 is 48.8 Å². The molecule has 3 amide bonds. The van der Waals surface area contributed by atoms with Gasteiger partial charge in [-0.15, -0.1) is 11.3 Å². The van der Waals surface area contributed by atoms with Crippen molar-refractivity contribution in [3.63, 3.8) is 0 Å². The summed E-state index contributed by atoms with van der Waals surface area (Å²) in [6, 6.07) is 5.13. The van der Waals surface area contributed by atoms with Gasteiger partial charge in [0, 0.05) is 18.8 Å². The lowest BCUT2D eigenvalue weighted by Crippen LogP contribution is -2.53. The zero-order chi connectivity index (χ0) is 26.5. The number of carbonyl (C=O) groups is 3. The van der Waals surface area contributed by atoms with Gasteiger partial charge in [0.2, 0.25) is 5.91 Å². The van der Waals surface area contributed by atoms with Gasteiger partial charge in [0.05, 0.1) is 28.1 Å².